The van der Waals surface area contributed by atoms with Gasteiger partial charge in [0.1, 0.15) is 17.6 Å². The van der Waals surface area contributed by atoms with Gasteiger partial charge < -0.3 is 28.4 Å². The van der Waals surface area contributed by atoms with Crippen LogP contribution in [0.1, 0.15) is 67.7 Å². The van der Waals surface area contributed by atoms with Gasteiger partial charge in [0.2, 0.25) is 0 Å². The first-order valence-electron chi connectivity index (χ1n) is 13.1. The Hall–Kier alpha value is -2.68. The zero-order chi connectivity index (χ0) is 31.2. The van der Waals surface area contributed by atoms with Crippen LogP contribution in [0.25, 0.3) is 0 Å². The number of carbonyl (C=O) groups is 3. The summed E-state index contributed by atoms with van der Waals surface area (Å²) in [7, 11) is 0. The van der Waals surface area contributed by atoms with Gasteiger partial charge in [0.15, 0.2) is 20.4 Å². The normalized spacial score (nSPS) is 21.4. The maximum absolute atomic E-state index is 12.7. The number of aromatic amines is 1. The summed E-state index contributed by atoms with van der Waals surface area (Å²) < 4.78 is 34.6. The molecule has 0 saturated carbocycles. The van der Waals surface area contributed by atoms with Crippen molar-refractivity contribution in [3.8, 4) is 0 Å². The second kappa shape index (κ2) is 14.0. The van der Waals surface area contributed by atoms with E-state index in [2.05, 4.69) is 4.98 Å². The van der Waals surface area contributed by atoms with Gasteiger partial charge in [-0.2, -0.15) is 0 Å². The molecule has 232 valence electrons. The molecule has 13 nitrogen and oxygen atoms in total. The third-order valence-electron chi connectivity index (χ3n) is 5.70. The lowest BCUT2D eigenvalue weighted by atomic mass is 9.97. The number of hydrogen-bond donors (Lipinski definition) is 1. The van der Waals surface area contributed by atoms with E-state index in [0.717, 1.165) is 0 Å². The van der Waals surface area contributed by atoms with E-state index in [-0.39, 0.29) is 13.4 Å². The summed E-state index contributed by atoms with van der Waals surface area (Å²) in [5, 5.41) is -1.29. The molecule has 41 heavy (non-hydrogen) atoms. The smallest absolute Gasteiger partial charge is 0.329 e. The van der Waals surface area contributed by atoms with Crippen molar-refractivity contribution in [2.75, 3.05) is 27.0 Å². The van der Waals surface area contributed by atoms with Crippen LogP contribution in [-0.4, -0.2) is 71.9 Å². The molecule has 1 fully saturated rings. The summed E-state index contributed by atoms with van der Waals surface area (Å²) in [5.74, 6) is -1.44. The molecule has 2 heterocycles. The monoisotopic (exact) mass is 602 g/mol. The van der Waals surface area contributed by atoms with Crippen molar-refractivity contribution >= 4 is 29.7 Å². The predicted octanol–water partition coefficient (Wildman–Crippen LogP) is 2.58. The fourth-order valence-electron chi connectivity index (χ4n) is 3.31. The minimum Gasteiger partial charge on any atom is -0.438 e. The fourth-order valence-corrected chi connectivity index (χ4v) is 4.92. The number of ether oxygens (including phenoxy) is 6. The highest BCUT2D eigenvalue weighted by molar-refractivity contribution is 8.00. The van der Waals surface area contributed by atoms with Gasteiger partial charge in [0.05, 0.1) is 28.1 Å². The second-order valence-electron chi connectivity index (χ2n) is 12.6. The summed E-state index contributed by atoms with van der Waals surface area (Å²) in [6.07, 6.45) is -0.444. The quantitative estimate of drug-likeness (QED) is 0.171. The van der Waals surface area contributed by atoms with E-state index < -0.39 is 81.8 Å². The zero-order valence-corrected chi connectivity index (χ0v) is 26.0. The third-order valence-corrected chi connectivity index (χ3v) is 7.23. The lowest BCUT2D eigenvalue weighted by molar-refractivity contribution is -0.194. The van der Waals surface area contributed by atoms with E-state index in [1.54, 1.807) is 62.3 Å². The highest BCUT2D eigenvalue weighted by Gasteiger charge is 2.48. The Kier molecular flexibility index (Phi) is 11.8. The Balaban J connectivity index is 2.30. The van der Waals surface area contributed by atoms with Gasteiger partial charge in [-0.15, -0.1) is 11.8 Å². The molecular weight excluding hydrogens is 560 g/mol. The largest absolute Gasteiger partial charge is 0.438 e. The van der Waals surface area contributed by atoms with Crippen LogP contribution in [-0.2, 0) is 42.8 Å². The lowest BCUT2D eigenvalue weighted by Gasteiger charge is -2.27. The molecule has 1 aromatic rings. The summed E-state index contributed by atoms with van der Waals surface area (Å²) in [6.45, 7) is 14.1. The van der Waals surface area contributed by atoms with Gasteiger partial charge in [-0.1, -0.05) is 0 Å². The number of hydrogen-bond acceptors (Lipinski definition) is 12. The summed E-state index contributed by atoms with van der Waals surface area (Å²) in [5.41, 5.74) is -3.52. The average molecular weight is 603 g/mol. The van der Waals surface area contributed by atoms with E-state index in [4.69, 9.17) is 28.4 Å². The zero-order valence-electron chi connectivity index (χ0n) is 25.1. The maximum atomic E-state index is 12.7. The topological polar surface area (TPSA) is 161 Å². The molecule has 1 aliphatic heterocycles. The number of H-pyrrole nitrogens is 1. The third kappa shape index (κ3) is 10.3. The molecule has 0 radical (unpaired) electrons. The summed E-state index contributed by atoms with van der Waals surface area (Å²) >= 11 is 1.24. The Morgan fingerprint density at radius 1 is 0.780 bits per heavy atom. The number of nitrogens with one attached hydrogen (secondary N) is 1. The number of rotatable bonds is 11. The van der Waals surface area contributed by atoms with E-state index in [0.29, 0.717) is 0 Å². The fraction of sp³-hybridized carbons (Fsp3) is 0.741. The molecule has 4 atom stereocenters. The Bertz CT molecular complexity index is 1170. The Labute approximate surface area is 243 Å². The van der Waals surface area contributed by atoms with Crippen molar-refractivity contribution in [1.29, 1.82) is 0 Å². The molecule has 1 saturated heterocycles. The second-order valence-corrected chi connectivity index (χ2v) is 14.0. The number of carbonyl (C=O) groups excluding carboxylic acids is 3. The van der Waals surface area contributed by atoms with Crippen LogP contribution in [0.2, 0.25) is 0 Å². The van der Waals surface area contributed by atoms with Gasteiger partial charge in [-0.05, 0) is 62.3 Å². The van der Waals surface area contributed by atoms with Crippen molar-refractivity contribution in [1.82, 2.24) is 9.55 Å². The van der Waals surface area contributed by atoms with E-state index >= 15 is 0 Å². The standard InChI is InChI=1S/C27H42N2O11S/c1-25(2,3)21(31)38-13-35-12-16-18(36-14-39-22(32)26(4,5)6)19(37-15-40-23(33)27(7,8)9)20(41-16)29-11-10-17(30)28-24(29)34/h10-11,16,18-20H,12-15H2,1-9H3,(H,28,30,34)/t16-,18?,19?,20-/m1/s1. The van der Waals surface area contributed by atoms with Crippen molar-refractivity contribution in [2.24, 2.45) is 16.2 Å². The summed E-state index contributed by atoms with van der Waals surface area (Å²) in [6, 6.07) is 1.19. The highest BCUT2D eigenvalue weighted by Crippen LogP contribution is 2.44. The minimum absolute atomic E-state index is 0.00375. The van der Waals surface area contributed by atoms with Crippen LogP contribution in [0.4, 0.5) is 0 Å². The van der Waals surface area contributed by atoms with Crippen LogP contribution in [0, 0.1) is 16.2 Å². The molecule has 0 bridgehead atoms. The number of esters is 3. The molecule has 0 aliphatic carbocycles. The minimum atomic E-state index is -0.921. The van der Waals surface area contributed by atoms with Gasteiger partial charge >= 0.3 is 23.6 Å². The van der Waals surface area contributed by atoms with Crippen molar-refractivity contribution in [3.63, 3.8) is 0 Å². The molecule has 14 heteroatoms. The van der Waals surface area contributed by atoms with Gasteiger partial charge in [0.25, 0.3) is 5.56 Å². The molecule has 1 N–H and O–H groups in total. The van der Waals surface area contributed by atoms with Gasteiger partial charge in [-0.3, -0.25) is 28.7 Å². The van der Waals surface area contributed by atoms with E-state index in [1.807, 2.05) is 0 Å². The van der Waals surface area contributed by atoms with E-state index in [9.17, 15) is 24.0 Å². The highest BCUT2D eigenvalue weighted by atomic mass is 32.2. The van der Waals surface area contributed by atoms with E-state index in [1.165, 1.54) is 28.6 Å². The Morgan fingerprint density at radius 3 is 1.71 bits per heavy atom. The van der Waals surface area contributed by atoms with Gasteiger partial charge in [0, 0.05) is 12.3 Å². The SMILES string of the molecule is CC(C)(C)C(=O)OCOC[C@H]1S[C@@H](n2ccc(=O)[nH]c2=O)C(OCOC(=O)C(C)(C)C)C1OCOC(=O)C(C)(C)C. The molecule has 1 aromatic heterocycles. The molecule has 2 rings (SSSR count). The first-order chi connectivity index (χ1) is 18.8. The van der Waals surface area contributed by atoms with Crippen molar-refractivity contribution < 1.29 is 42.8 Å². The molecule has 1 aliphatic rings. The maximum Gasteiger partial charge on any atom is 0.329 e. The average Bonchev–Trinajstić information content (AvgIpc) is 3.16. The van der Waals surface area contributed by atoms with Crippen LogP contribution >= 0.6 is 11.8 Å². The lowest BCUT2D eigenvalue weighted by Crippen LogP contribution is -2.42. The van der Waals surface area contributed by atoms with Gasteiger partial charge in [-0.25, -0.2) is 4.79 Å². The van der Waals surface area contributed by atoms with Crippen molar-refractivity contribution in [3.05, 3.63) is 33.1 Å². The number of thioether (sulfide) groups is 1. The summed E-state index contributed by atoms with van der Waals surface area (Å²) in [4.78, 5) is 63.3. The molecule has 2 unspecified atom stereocenters. The number of aromatic nitrogens is 2. The Morgan fingerprint density at radius 2 is 1.24 bits per heavy atom. The van der Waals surface area contributed by atoms with Crippen molar-refractivity contribution in [2.45, 2.75) is 85.1 Å². The van der Waals surface area contributed by atoms with Crippen LogP contribution in [0.5, 0.6) is 0 Å². The molecule has 0 amide bonds. The van der Waals surface area contributed by atoms with Crippen LogP contribution < -0.4 is 11.2 Å². The first-order valence-corrected chi connectivity index (χ1v) is 14.1. The van der Waals surface area contributed by atoms with Crippen LogP contribution in [0.15, 0.2) is 21.9 Å². The van der Waals surface area contributed by atoms with Crippen LogP contribution in [0.3, 0.4) is 0 Å². The molecule has 0 spiro atoms. The number of nitrogens with zero attached hydrogens (tertiary/aromatic N) is 1. The molecule has 0 aromatic carbocycles. The molecular formula is C27H42N2O11S. The first kappa shape index (κ1) is 34.5. The predicted molar refractivity (Wildman–Crippen MR) is 149 cm³/mol.